The van der Waals surface area contributed by atoms with Crippen LogP contribution >= 0.6 is 0 Å². The van der Waals surface area contributed by atoms with Crippen LogP contribution in [-0.2, 0) is 0 Å². The van der Waals surface area contributed by atoms with E-state index in [1.807, 2.05) is 13.0 Å². The van der Waals surface area contributed by atoms with Gasteiger partial charge in [-0.05, 0) is 44.0 Å². The standard InChI is InChI=1S/C18H21N3/c1-12-9-10-17-16(11-12)20-18(13(2)19)21(17)14(3)15-7-5-4-6-8-15/h4-11,13-14H,19H2,1-3H3. The highest BCUT2D eigenvalue weighted by Crippen LogP contribution is 2.28. The van der Waals surface area contributed by atoms with E-state index in [1.54, 1.807) is 0 Å². The average Bonchev–Trinajstić information content (AvgIpc) is 2.86. The summed E-state index contributed by atoms with van der Waals surface area (Å²) in [6, 6.07) is 17.0. The number of benzene rings is 2. The summed E-state index contributed by atoms with van der Waals surface area (Å²) in [7, 11) is 0. The van der Waals surface area contributed by atoms with E-state index >= 15 is 0 Å². The van der Waals surface area contributed by atoms with Crippen molar-refractivity contribution in [1.82, 2.24) is 9.55 Å². The fraction of sp³-hybridized carbons (Fsp3) is 0.278. The van der Waals surface area contributed by atoms with E-state index in [-0.39, 0.29) is 12.1 Å². The van der Waals surface area contributed by atoms with E-state index in [9.17, 15) is 0 Å². The molecule has 2 atom stereocenters. The molecule has 0 aliphatic heterocycles. The molecule has 1 aromatic heterocycles. The van der Waals surface area contributed by atoms with Crippen molar-refractivity contribution in [3.8, 4) is 0 Å². The fourth-order valence-electron chi connectivity index (χ4n) is 2.84. The van der Waals surface area contributed by atoms with Crippen molar-refractivity contribution >= 4 is 11.0 Å². The topological polar surface area (TPSA) is 43.8 Å². The van der Waals surface area contributed by atoms with Gasteiger partial charge in [-0.25, -0.2) is 4.98 Å². The van der Waals surface area contributed by atoms with Crippen molar-refractivity contribution in [2.45, 2.75) is 32.9 Å². The Morgan fingerprint density at radius 3 is 2.43 bits per heavy atom. The lowest BCUT2D eigenvalue weighted by Crippen LogP contribution is -2.17. The summed E-state index contributed by atoms with van der Waals surface area (Å²) in [5.41, 5.74) is 10.8. The van der Waals surface area contributed by atoms with Crippen LogP contribution in [-0.4, -0.2) is 9.55 Å². The Hall–Kier alpha value is -2.13. The van der Waals surface area contributed by atoms with Gasteiger partial charge in [0.05, 0.1) is 23.1 Å². The van der Waals surface area contributed by atoms with Crippen molar-refractivity contribution in [3.05, 3.63) is 65.5 Å². The first-order valence-electron chi connectivity index (χ1n) is 7.37. The first-order chi connectivity index (χ1) is 10.1. The molecule has 0 radical (unpaired) electrons. The second kappa shape index (κ2) is 5.34. The maximum atomic E-state index is 6.15. The van der Waals surface area contributed by atoms with Crippen LogP contribution in [0, 0.1) is 6.92 Å². The summed E-state index contributed by atoms with van der Waals surface area (Å²) >= 11 is 0. The molecule has 21 heavy (non-hydrogen) atoms. The van der Waals surface area contributed by atoms with E-state index in [2.05, 4.69) is 60.9 Å². The van der Waals surface area contributed by atoms with Crippen LogP contribution in [0.15, 0.2) is 48.5 Å². The largest absolute Gasteiger partial charge is 0.322 e. The molecule has 2 N–H and O–H groups in total. The molecule has 0 spiro atoms. The highest BCUT2D eigenvalue weighted by molar-refractivity contribution is 5.77. The van der Waals surface area contributed by atoms with Gasteiger partial charge in [-0.1, -0.05) is 36.4 Å². The number of rotatable bonds is 3. The lowest BCUT2D eigenvalue weighted by Gasteiger charge is -2.19. The highest BCUT2D eigenvalue weighted by atomic mass is 15.1. The third kappa shape index (κ3) is 2.45. The first kappa shape index (κ1) is 13.8. The predicted molar refractivity (Wildman–Crippen MR) is 87.3 cm³/mol. The van der Waals surface area contributed by atoms with Crippen molar-refractivity contribution < 1.29 is 0 Å². The summed E-state index contributed by atoms with van der Waals surface area (Å²) in [6.45, 7) is 6.27. The summed E-state index contributed by atoms with van der Waals surface area (Å²) < 4.78 is 2.26. The molecule has 2 unspecified atom stereocenters. The number of nitrogens with zero attached hydrogens (tertiary/aromatic N) is 2. The first-order valence-corrected chi connectivity index (χ1v) is 7.37. The van der Waals surface area contributed by atoms with E-state index in [4.69, 9.17) is 10.7 Å². The highest BCUT2D eigenvalue weighted by Gasteiger charge is 2.19. The van der Waals surface area contributed by atoms with Gasteiger partial charge in [0.2, 0.25) is 0 Å². The maximum absolute atomic E-state index is 6.15. The van der Waals surface area contributed by atoms with Gasteiger partial charge >= 0.3 is 0 Å². The molecule has 0 aliphatic carbocycles. The lowest BCUT2D eigenvalue weighted by molar-refractivity contribution is 0.584. The van der Waals surface area contributed by atoms with E-state index in [1.165, 1.54) is 11.1 Å². The number of nitrogens with two attached hydrogens (primary N) is 1. The van der Waals surface area contributed by atoms with Crippen LogP contribution in [0.4, 0.5) is 0 Å². The Morgan fingerprint density at radius 2 is 1.76 bits per heavy atom. The van der Waals surface area contributed by atoms with Crippen molar-refractivity contribution in [1.29, 1.82) is 0 Å². The van der Waals surface area contributed by atoms with Gasteiger partial charge < -0.3 is 10.3 Å². The summed E-state index contributed by atoms with van der Waals surface area (Å²) in [6.07, 6.45) is 0. The summed E-state index contributed by atoms with van der Waals surface area (Å²) in [5.74, 6) is 0.937. The predicted octanol–water partition coefficient (Wildman–Crippen LogP) is 3.97. The Bertz CT molecular complexity index is 757. The molecule has 108 valence electrons. The Morgan fingerprint density at radius 1 is 1.05 bits per heavy atom. The second-order valence-corrected chi connectivity index (χ2v) is 5.71. The monoisotopic (exact) mass is 279 g/mol. The van der Waals surface area contributed by atoms with E-state index in [0.717, 1.165) is 16.9 Å². The Kier molecular flexibility index (Phi) is 3.52. The SMILES string of the molecule is Cc1ccc2c(c1)nc(C(C)N)n2C(C)c1ccccc1. The van der Waals surface area contributed by atoms with Gasteiger partial charge in [0.25, 0.3) is 0 Å². The van der Waals surface area contributed by atoms with Crippen LogP contribution in [0.2, 0.25) is 0 Å². The minimum absolute atomic E-state index is 0.0936. The van der Waals surface area contributed by atoms with Gasteiger partial charge in [0.1, 0.15) is 5.82 Å². The quantitative estimate of drug-likeness (QED) is 0.788. The number of fused-ring (bicyclic) bond motifs is 1. The smallest absolute Gasteiger partial charge is 0.127 e. The molecule has 0 fully saturated rings. The van der Waals surface area contributed by atoms with Crippen LogP contribution in [0.5, 0.6) is 0 Å². The van der Waals surface area contributed by atoms with Gasteiger partial charge in [-0.3, -0.25) is 0 Å². The van der Waals surface area contributed by atoms with E-state index in [0.29, 0.717) is 0 Å². The summed E-state index contributed by atoms with van der Waals surface area (Å²) in [5, 5.41) is 0. The number of hydrogen-bond acceptors (Lipinski definition) is 2. The molecule has 0 bridgehead atoms. The number of aryl methyl sites for hydroxylation is 1. The van der Waals surface area contributed by atoms with Crippen molar-refractivity contribution in [3.63, 3.8) is 0 Å². The minimum atomic E-state index is -0.0936. The average molecular weight is 279 g/mol. The van der Waals surface area contributed by atoms with Gasteiger partial charge in [-0.15, -0.1) is 0 Å². The molecule has 0 saturated carbocycles. The fourth-order valence-corrected chi connectivity index (χ4v) is 2.84. The van der Waals surface area contributed by atoms with Crippen LogP contribution in [0.3, 0.4) is 0 Å². The Labute approximate surface area is 125 Å². The number of aromatic nitrogens is 2. The number of imidazole rings is 1. The maximum Gasteiger partial charge on any atom is 0.127 e. The summed E-state index contributed by atoms with van der Waals surface area (Å²) in [4.78, 5) is 4.76. The molecule has 0 amide bonds. The molecule has 3 heteroatoms. The van der Waals surface area contributed by atoms with Crippen molar-refractivity contribution in [2.24, 2.45) is 5.73 Å². The zero-order chi connectivity index (χ0) is 15.0. The number of hydrogen-bond donors (Lipinski definition) is 1. The molecule has 0 aliphatic rings. The van der Waals surface area contributed by atoms with E-state index < -0.39 is 0 Å². The zero-order valence-electron chi connectivity index (χ0n) is 12.7. The molecule has 3 aromatic rings. The molecular formula is C18H21N3. The van der Waals surface area contributed by atoms with Gasteiger partial charge in [0.15, 0.2) is 0 Å². The van der Waals surface area contributed by atoms with Crippen LogP contribution in [0.25, 0.3) is 11.0 Å². The lowest BCUT2D eigenvalue weighted by atomic mass is 10.1. The van der Waals surface area contributed by atoms with Crippen LogP contribution < -0.4 is 5.73 Å². The zero-order valence-corrected chi connectivity index (χ0v) is 12.7. The third-order valence-corrected chi connectivity index (χ3v) is 3.95. The minimum Gasteiger partial charge on any atom is -0.322 e. The molecule has 1 heterocycles. The van der Waals surface area contributed by atoms with Crippen LogP contribution in [0.1, 0.15) is 42.9 Å². The molecule has 3 nitrogen and oxygen atoms in total. The van der Waals surface area contributed by atoms with Gasteiger partial charge in [0, 0.05) is 0 Å². The molecular weight excluding hydrogens is 258 g/mol. The molecule has 0 saturated heterocycles. The second-order valence-electron chi connectivity index (χ2n) is 5.71. The third-order valence-electron chi connectivity index (χ3n) is 3.95. The normalized spacial score (nSPS) is 14.3. The molecule has 2 aromatic carbocycles. The molecule has 3 rings (SSSR count). The Balaban J connectivity index is 2.22. The van der Waals surface area contributed by atoms with Crippen molar-refractivity contribution in [2.75, 3.05) is 0 Å². The van der Waals surface area contributed by atoms with Gasteiger partial charge in [-0.2, -0.15) is 0 Å².